The number of carbonyl (C=O) groups is 3. The number of Topliss-reactive ketones (excluding diaryl/α,β-unsaturated/α-hetero) is 1. The molecule has 3 rings (SSSR count). The van der Waals surface area contributed by atoms with Crippen LogP contribution in [0.4, 0.5) is 21.9 Å². The Labute approximate surface area is 232 Å². The molecule has 10 heteroatoms. The average molecular weight is 548 g/mol. The highest BCUT2D eigenvalue weighted by atomic mass is 16.6. The first kappa shape index (κ1) is 29.9. The lowest BCUT2D eigenvalue weighted by Gasteiger charge is -2.26. The molecule has 0 aromatic heterocycles. The van der Waals surface area contributed by atoms with Crippen LogP contribution < -0.4 is 21.1 Å². The van der Waals surface area contributed by atoms with Gasteiger partial charge in [-0.15, -0.1) is 0 Å². The molecule has 2 amide bonds. The number of carbonyl (C=O) groups excluding carboxylic acids is 3. The Kier molecular flexibility index (Phi) is 11.2. The van der Waals surface area contributed by atoms with E-state index >= 15 is 0 Å². The van der Waals surface area contributed by atoms with Crippen LogP contribution >= 0.6 is 0 Å². The van der Waals surface area contributed by atoms with Crippen molar-refractivity contribution < 1.29 is 33.7 Å². The molecule has 10 nitrogen and oxygen atoms in total. The molecule has 0 radical (unpaired) electrons. The molecule has 0 heterocycles. The topological polar surface area (TPSA) is 149 Å². The summed E-state index contributed by atoms with van der Waals surface area (Å²) in [5.74, 6) is -0.0869. The van der Waals surface area contributed by atoms with E-state index in [-0.39, 0.29) is 25.6 Å². The molecule has 0 aliphatic heterocycles. The number of para-hydroxylation sites is 2. The normalized spacial score (nSPS) is 12.4. The Bertz CT molecular complexity index is 1320. The minimum absolute atomic E-state index is 0.0866. The van der Waals surface area contributed by atoms with Gasteiger partial charge in [-0.25, -0.2) is 4.79 Å². The van der Waals surface area contributed by atoms with Crippen molar-refractivity contribution in [3.8, 4) is 5.75 Å². The average Bonchev–Trinajstić information content (AvgIpc) is 2.94. The maximum absolute atomic E-state index is 13.0. The van der Waals surface area contributed by atoms with Crippen molar-refractivity contribution >= 4 is 34.8 Å². The molecular weight excluding hydrogens is 514 g/mol. The summed E-state index contributed by atoms with van der Waals surface area (Å²) < 4.78 is 17.2. The van der Waals surface area contributed by atoms with E-state index < -0.39 is 24.2 Å². The lowest BCUT2D eigenvalue weighted by atomic mass is 10.0. The van der Waals surface area contributed by atoms with E-state index in [0.717, 1.165) is 0 Å². The Balaban J connectivity index is 1.85. The predicted molar refractivity (Wildman–Crippen MR) is 152 cm³/mol. The first-order valence-corrected chi connectivity index (χ1v) is 12.7. The number of ether oxygens (including phenoxy) is 3. The van der Waals surface area contributed by atoms with Gasteiger partial charge in [0.2, 0.25) is 5.91 Å². The van der Waals surface area contributed by atoms with Crippen molar-refractivity contribution in [2.45, 2.75) is 26.1 Å². The number of anilines is 3. The van der Waals surface area contributed by atoms with Crippen LogP contribution in [0.25, 0.3) is 0 Å². The maximum Gasteiger partial charge on any atom is 0.412 e. The second-order valence-electron chi connectivity index (χ2n) is 8.58. The van der Waals surface area contributed by atoms with Crippen LogP contribution in [0.3, 0.4) is 0 Å². The highest BCUT2D eigenvalue weighted by Crippen LogP contribution is 2.29. The van der Waals surface area contributed by atoms with Crippen LogP contribution in [-0.2, 0) is 14.3 Å². The van der Waals surface area contributed by atoms with Crippen molar-refractivity contribution in [2.75, 3.05) is 36.2 Å². The third-order valence-electron chi connectivity index (χ3n) is 5.63. The smallest absolute Gasteiger partial charge is 0.412 e. The number of rotatable bonds is 13. The summed E-state index contributed by atoms with van der Waals surface area (Å²) in [5, 5.41) is 14.5. The zero-order valence-corrected chi connectivity index (χ0v) is 22.3. The first-order valence-electron chi connectivity index (χ1n) is 12.7. The summed E-state index contributed by atoms with van der Waals surface area (Å²) in [6, 6.07) is 20.1. The summed E-state index contributed by atoms with van der Waals surface area (Å²) >= 11 is 0. The lowest BCUT2D eigenvalue weighted by Crippen LogP contribution is -2.28. The zero-order chi connectivity index (χ0) is 28.9. The van der Waals surface area contributed by atoms with Gasteiger partial charge in [0.05, 0.1) is 18.0 Å². The van der Waals surface area contributed by atoms with E-state index in [1.165, 1.54) is 19.1 Å². The van der Waals surface area contributed by atoms with Crippen LogP contribution in [0, 0.1) is 0 Å². The predicted octanol–water partition coefficient (Wildman–Crippen LogP) is 4.73. The van der Waals surface area contributed by atoms with E-state index in [2.05, 4.69) is 10.6 Å². The maximum atomic E-state index is 13.0. The Morgan fingerprint density at radius 3 is 2.42 bits per heavy atom. The second-order valence-corrected chi connectivity index (χ2v) is 8.58. The van der Waals surface area contributed by atoms with Crippen molar-refractivity contribution in [3.05, 3.63) is 96.1 Å². The molecule has 0 saturated carbocycles. The summed E-state index contributed by atoms with van der Waals surface area (Å²) in [6.07, 6.45) is 0.163. The van der Waals surface area contributed by atoms with Crippen LogP contribution in [0.1, 0.15) is 35.9 Å². The number of nitrogens with one attached hydrogen (secondary N) is 2. The molecule has 0 aliphatic carbocycles. The standard InChI is InChI=1S/C30H33N3O7/c1-3-38-27(15-16-28(36)33-26-10-5-4-9-25(26)31)29(22-7-6-8-24(19-22)39-18-17-34)40-30(37)32-23-13-11-21(12-14-23)20(2)35/h4-16,19,27,29,34H,3,17-18,31H2,1-2H3,(H,32,37)(H,33,36)/b16-15+/t27-,29-/m0/s1. The number of ketones is 1. The van der Waals surface area contributed by atoms with Crippen LogP contribution in [-0.4, -0.2) is 48.8 Å². The number of nitrogens with two attached hydrogens (primary N) is 1. The molecule has 5 N–H and O–H groups in total. The number of aliphatic hydroxyl groups excluding tert-OH is 1. The largest absolute Gasteiger partial charge is 0.491 e. The van der Waals surface area contributed by atoms with Crippen LogP contribution in [0.2, 0.25) is 0 Å². The molecule has 3 aromatic carbocycles. The minimum Gasteiger partial charge on any atom is -0.491 e. The summed E-state index contributed by atoms with van der Waals surface area (Å²) in [5.41, 5.74) is 8.26. The van der Waals surface area contributed by atoms with Gasteiger partial charge in [-0.1, -0.05) is 24.3 Å². The number of nitrogen functional groups attached to an aromatic ring is 1. The Hall–Kier alpha value is -4.67. The van der Waals surface area contributed by atoms with E-state index in [4.69, 9.17) is 25.1 Å². The van der Waals surface area contributed by atoms with Crippen molar-refractivity contribution in [1.29, 1.82) is 0 Å². The van der Waals surface area contributed by atoms with E-state index in [9.17, 15) is 14.4 Å². The van der Waals surface area contributed by atoms with Crippen molar-refractivity contribution in [3.63, 3.8) is 0 Å². The molecule has 210 valence electrons. The van der Waals surface area contributed by atoms with Gasteiger partial charge in [0.25, 0.3) is 0 Å². The molecule has 0 fully saturated rings. The molecule has 0 aliphatic rings. The van der Waals surface area contributed by atoms with E-state index in [1.54, 1.807) is 79.7 Å². The minimum atomic E-state index is -0.986. The zero-order valence-electron chi connectivity index (χ0n) is 22.3. The molecule has 0 saturated heterocycles. The fourth-order valence-electron chi connectivity index (χ4n) is 3.72. The van der Waals surface area contributed by atoms with Gasteiger partial charge in [-0.2, -0.15) is 0 Å². The SMILES string of the molecule is CCO[C@@H](/C=C/C(=O)Nc1ccccc1N)[C@@H](OC(=O)Nc1ccc(C(C)=O)cc1)c1cccc(OCCO)c1. The van der Waals surface area contributed by atoms with E-state index in [0.29, 0.717) is 33.9 Å². The molecule has 0 bridgehead atoms. The molecule has 0 unspecified atom stereocenters. The Morgan fingerprint density at radius 1 is 1.00 bits per heavy atom. The van der Waals surface area contributed by atoms with Crippen LogP contribution in [0.5, 0.6) is 5.75 Å². The number of amides is 2. The van der Waals surface area contributed by atoms with Gasteiger partial charge in [0.15, 0.2) is 11.9 Å². The monoisotopic (exact) mass is 547 g/mol. The van der Waals surface area contributed by atoms with Crippen LogP contribution in [0.15, 0.2) is 84.9 Å². The van der Waals surface area contributed by atoms with Crippen molar-refractivity contribution in [2.24, 2.45) is 0 Å². The van der Waals surface area contributed by atoms with Gasteiger partial charge in [0, 0.05) is 23.9 Å². The molecule has 2 atom stereocenters. The van der Waals surface area contributed by atoms with Crippen molar-refractivity contribution in [1.82, 2.24) is 0 Å². The third kappa shape index (κ3) is 8.97. The second kappa shape index (κ2) is 15.1. The number of aliphatic hydroxyl groups is 1. The summed E-state index contributed by atoms with van der Waals surface area (Å²) in [7, 11) is 0. The number of hydrogen-bond donors (Lipinski definition) is 4. The van der Waals surface area contributed by atoms with Gasteiger partial charge in [-0.05, 0) is 74.0 Å². The fraction of sp³-hybridized carbons (Fsp3) is 0.233. The number of hydrogen-bond acceptors (Lipinski definition) is 8. The van der Waals surface area contributed by atoms with Gasteiger partial charge >= 0.3 is 6.09 Å². The first-order chi connectivity index (χ1) is 19.3. The molecule has 0 spiro atoms. The molecule has 40 heavy (non-hydrogen) atoms. The molecule has 3 aromatic rings. The Morgan fingerprint density at radius 2 is 1.75 bits per heavy atom. The third-order valence-corrected chi connectivity index (χ3v) is 5.63. The summed E-state index contributed by atoms with van der Waals surface area (Å²) in [4.78, 5) is 37.2. The van der Waals surface area contributed by atoms with E-state index in [1.807, 2.05) is 0 Å². The highest BCUT2D eigenvalue weighted by Gasteiger charge is 2.27. The van der Waals surface area contributed by atoms with Gasteiger partial charge < -0.3 is 30.4 Å². The lowest BCUT2D eigenvalue weighted by molar-refractivity contribution is -0.112. The highest BCUT2D eigenvalue weighted by molar-refractivity contribution is 6.01. The van der Waals surface area contributed by atoms with Gasteiger partial charge in [0.1, 0.15) is 18.5 Å². The fourth-order valence-corrected chi connectivity index (χ4v) is 3.72. The number of benzene rings is 3. The van der Waals surface area contributed by atoms with Gasteiger partial charge in [-0.3, -0.25) is 14.9 Å². The summed E-state index contributed by atoms with van der Waals surface area (Å²) in [6.45, 7) is 3.41. The quantitative estimate of drug-likeness (QED) is 0.136. The molecular formula is C30H33N3O7.